The Bertz CT molecular complexity index is 890. The number of nitrogens with one attached hydrogen (secondary N) is 3. The SMILES string of the molecule is CC(C)C(NS(=O)(=O)c1ccc2c(c1)CCCC(=O)N2)C(=O)NC1CCCCCCC1. The molecule has 172 valence electrons. The molecule has 0 spiro atoms. The lowest BCUT2D eigenvalue weighted by Crippen LogP contribution is -2.52. The van der Waals surface area contributed by atoms with E-state index in [1.54, 1.807) is 12.1 Å². The molecule has 8 heteroatoms. The summed E-state index contributed by atoms with van der Waals surface area (Å²) in [7, 11) is -3.89. The normalized spacial score (nSPS) is 19.5. The smallest absolute Gasteiger partial charge is 0.241 e. The number of carbonyl (C=O) groups excluding carboxylic acids is 2. The molecule has 1 aromatic rings. The van der Waals surface area contributed by atoms with E-state index in [1.165, 1.54) is 25.3 Å². The average molecular weight is 450 g/mol. The summed E-state index contributed by atoms with van der Waals surface area (Å²) in [6.45, 7) is 3.69. The van der Waals surface area contributed by atoms with Gasteiger partial charge < -0.3 is 10.6 Å². The number of anilines is 1. The van der Waals surface area contributed by atoms with Crippen molar-refractivity contribution in [2.45, 2.75) is 95.0 Å². The van der Waals surface area contributed by atoms with Crippen LogP contribution in [0.5, 0.6) is 0 Å². The summed E-state index contributed by atoms with van der Waals surface area (Å²) in [6.07, 6.45) is 9.42. The molecule has 1 aliphatic carbocycles. The molecule has 1 atom stereocenters. The van der Waals surface area contributed by atoms with Crippen LogP contribution in [0.15, 0.2) is 23.1 Å². The highest BCUT2D eigenvalue weighted by atomic mass is 32.2. The summed E-state index contributed by atoms with van der Waals surface area (Å²) < 4.78 is 28.8. The molecular formula is C23H35N3O4S. The van der Waals surface area contributed by atoms with Gasteiger partial charge in [-0.05, 0) is 55.4 Å². The van der Waals surface area contributed by atoms with E-state index in [9.17, 15) is 18.0 Å². The molecule has 2 aliphatic rings. The monoisotopic (exact) mass is 449 g/mol. The van der Waals surface area contributed by atoms with Crippen molar-refractivity contribution < 1.29 is 18.0 Å². The van der Waals surface area contributed by atoms with Gasteiger partial charge in [0.2, 0.25) is 21.8 Å². The van der Waals surface area contributed by atoms with E-state index >= 15 is 0 Å². The third-order valence-corrected chi connectivity index (χ3v) is 7.63. The Kier molecular flexibility index (Phi) is 8.11. The summed E-state index contributed by atoms with van der Waals surface area (Å²) in [4.78, 5) is 24.8. The van der Waals surface area contributed by atoms with Gasteiger partial charge in [0.05, 0.1) is 4.90 Å². The highest BCUT2D eigenvalue weighted by Gasteiger charge is 2.30. The zero-order valence-corrected chi connectivity index (χ0v) is 19.4. The number of hydrogen-bond donors (Lipinski definition) is 3. The van der Waals surface area contributed by atoms with Gasteiger partial charge in [0.25, 0.3) is 0 Å². The first kappa shape index (κ1) is 23.7. The Hall–Kier alpha value is -1.93. The van der Waals surface area contributed by atoms with Crippen LogP contribution < -0.4 is 15.4 Å². The van der Waals surface area contributed by atoms with Crippen molar-refractivity contribution in [3.63, 3.8) is 0 Å². The van der Waals surface area contributed by atoms with Crippen LogP contribution >= 0.6 is 0 Å². The number of carbonyl (C=O) groups is 2. The van der Waals surface area contributed by atoms with Crippen molar-refractivity contribution in [3.05, 3.63) is 23.8 Å². The molecule has 1 aromatic carbocycles. The molecular weight excluding hydrogens is 414 g/mol. The van der Waals surface area contributed by atoms with Crippen LogP contribution in [0.25, 0.3) is 0 Å². The molecule has 0 saturated heterocycles. The van der Waals surface area contributed by atoms with E-state index in [-0.39, 0.29) is 28.7 Å². The highest BCUT2D eigenvalue weighted by molar-refractivity contribution is 7.89. The molecule has 3 rings (SSSR count). The summed E-state index contributed by atoms with van der Waals surface area (Å²) in [5, 5.41) is 5.91. The third kappa shape index (κ3) is 6.53. The second-order valence-electron chi connectivity index (χ2n) is 9.11. The molecule has 0 radical (unpaired) electrons. The summed E-state index contributed by atoms with van der Waals surface area (Å²) >= 11 is 0. The Morgan fingerprint density at radius 1 is 1.03 bits per heavy atom. The zero-order valence-electron chi connectivity index (χ0n) is 18.6. The summed E-state index contributed by atoms with van der Waals surface area (Å²) in [5.41, 5.74) is 1.46. The number of amides is 2. The minimum Gasteiger partial charge on any atom is -0.352 e. The second kappa shape index (κ2) is 10.6. The number of fused-ring (bicyclic) bond motifs is 1. The molecule has 1 aliphatic heterocycles. The predicted molar refractivity (Wildman–Crippen MR) is 121 cm³/mol. The standard InChI is InChI=1S/C23H35N3O4S/c1-16(2)22(23(28)24-18-10-6-4-3-5-7-11-18)26-31(29,30)19-13-14-20-17(15-19)9-8-12-21(27)25-20/h13-16,18,22,26H,3-12H2,1-2H3,(H,24,28)(H,25,27). The van der Waals surface area contributed by atoms with E-state index in [0.717, 1.165) is 31.2 Å². The van der Waals surface area contributed by atoms with Crippen molar-refractivity contribution in [2.24, 2.45) is 5.92 Å². The predicted octanol–water partition coefficient (Wildman–Crippen LogP) is 3.49. The van der Waals surface area contributed by atoms with Crippen LogP contribution in [-0.4, -0.2) is 32.3 Å². The third-order valence-electron chi connectivity index (χ3n) is 6.19. The first-order valence-electron chi connectivity index (χ1n) is 11.5. The van der Waals surface area contributed by atoms with Crippen LogP contribution in [0.1, 0.15) is 77.2 Å². The van der Waals surface area contributed by atoms with Crippen LogP contribution in [-0.2, 0) is 26.0 Å². The zero-order chi connectivity index (χ0) is 22.4. The van der Waals surface area contributed by atoms with Crippen molar-refractivity contribution in [2.75, 3.05) is 5.32 Å². The van der Waals surface area contributed by atoms with Crippen LogP contribution in [0.3, 0.4) is 0 Å². The Balaban J connectivity index is 1.73. The molecule has 7 nitrogen and oxygen atoms in total. The first-order chi connectivity index (χ1) is 14.8. The lowest BCUT2D eigenvalue weighted by Gasteiger charge is -2.26. The number of hydrogen-bond acceptors (Lipinski definition) is 4. The van der Waals surface area contributed by atoms with Gasteiger partial charge in [0.15, 0.2) is 0 Å². The van der Waals surface area contributed by atoms with Crippen molar-refractivity contribution in [1.82, 2.24) is 10.0 Å². The maximum atomic E-state index is 13.1. The minimum atomic E-state index is -3.89. The molecule has 0 aromatic heterocycles. The van der Waals surface area contributed by atoms with Crippen LogP contribution in [0.4, 0.5) is 5.69 Å². The fourth-order valence-electron chi connectivity index (χ4n) is 4.34. The first-order valence-corrected chi connectivity index (χ1v) is 13.0. The number of sulfonamides is 1. The lowest BCUT2D eigenvalue weighted by molar-refractivity contribution is -0.124. The van der Waals surface area contributed by atoms with Crippen molar-refractivity contribution in [3.8, 4) is 0 Å². The molecule has 1 saturated carbocycles. The van der Waals surface area contributed by atoms with Gasteiger partial charge in [0.1, 0.15) is 6.04 Å². The second-order valence-corrected chi connectivity index (χ2v) is 10.8. The fraction of sp³-hybridized carbons (Fsp3) is 0.652. The Morgan fingerprint density at radius 2 is 1.71 bits per heavy atom. The van der Waals surface area contributed by atoms with Crippen molar-refractivity contribution >= 4 is 27.5 Å². The Labute approximate surface area is 185 Å². The Morgan fingerprint density at radius 3 is 2.39 bits per heavy atom. The molecule has 1 unspecified atom stereocenters. The highest BCUT2D eigenvalue weighted by Crippen LogP contribution is 2.25. The number of benzene rings is 1. The van der Waals surface area contributed by atoms with E-state index in [0.29, 0.717) is 24.9 Å². The maximum absolute atomic E-state index is 13.1. The van der Waals surface area contributed by atoms with E-state index < -0.39 is 16.1 Å². The largest absolute Gasteiger partial charge is 0.352 e. The summed E-state index contributed by atoms with van der Waals surface area (Å²) in [5.74, 6) is -0.507. The molecule has 31 heavy (non-hydrogen) atoms. The lowest BCUT2D eigenvalue weighted by atomic mass is 9.96. The average Bonchev–Trinajstić information content (AvgIpc) is 2.87. The molecule has 2 amide bonds. The van der Waals surface area contributed by atoms with Gasteiger partial charge in [-0.2, -0.15) is 4.72 Å². The number of aryl methyl sites for hydroxylation is 1. The summed E-state index contributed by atoms with van der Waals surface area (Å²) in [6, 6.07) is 3.99. The van der Waals surface area contributed by atoms with Gasteiger partial charge in [-0.25, -0.2) is 8.42 Å². The van der Waals surface area contributed by atoms with Gasteiger partial charge in [-0.1, -0.05) is 46.0 Å². The van der Waals surface area contributed by atoms with Gasteiger partial charge in [-0.15, -0.1) is 0 Å². The van der Waals surface area contributed by atoms with Crippen LogP contribution in [0.2, 0.25) is 0 Å². The van der Waals surface area contributed by atoms with Gasteiger partial charge in [0, 0.05) is 18.2 Å². The van der Waals surface area contributed by atoms with E-state index in [2.05, 4.69) is 15.4 Å². The number of rotatable bonds is 6. The molecule has 1 fully saturated rings. The van der Waals surface area contributed by atoms with E-state index in [1.807, 2.05) is 13.8 Å². The van der Waals surface area contributed by atoms with Gasteiger partial charge >= 0.3 is 0 Å². The maximum Gasteiger partial charge on any atom is 0.241 e. The quantitative estimate of drug-likeness (QED) is 0.618. The minimum absolute atomic E-state index is 0.0572. The van der Waals surface area contributed by atoms with Crippen LogP contribution in [0, 0.1) is 5.92 Å². The van der Waals surface area contributed by atoms with Gasteiger partial charge in [-0.3, -0.25) is 9.59 Å². The molecule has 0 bridgehead atoms. The topological polar surface area (TPSA) is 104 Å². The van der Waals surface area contributed by atoms with Crippen molar-refractivity contribution in [1.29, 1.82) is 0 Å². The fourth-order valence-corrected chi connectivity index (χ4v) is 5.73. The molecule has 1 heterocycles. The molecule has 3 N–H and O–H groups in total. The van der Waals surface area contributed by atoms with E-state index in [4.69, 9.17) is 0 Å².